The predicted octanol–water partition coefficient (Wildman–Crippen LogP) is 3.02. The minimum absolute atomic E-state index is 0.0859. The summed E-state index contributed by atoms with van der Waals surface area (Å²) in [4.78, 5) is 6.37. The number of aliphatic hydroxyl groups excluding tert-OH is 1. The largest absolute Gasteiger partial charge is 0.487 e. The Morgan fingerprint density at radius 2 is 2.03 bits per heavy atom. The summed E-state index contributed by atoms with van der Waals surface area (Å²) < 4.78 is 34.7. The smallest absolute Gasteiger partial charge is 0.247 e. The van der Waals surface area contributed by atoms with Crippen molar-refractivity contribution in [2.75, 3.05) is 26.7 Å². The second-order valence-electron chi connectivity index (χ2n) is 8.50. The summed E-state index contributed by atoms with van der Waals surface area (Å²) in [7, 11) is -1.79. The highest BCUT2D eigenvalue weighted by Crippen LogP contribution is 2.34. The number of ether oxygens (including phenoxy) is 1. The highest BCUT2D eigenvalue weighted by molar-refractivity contribution is 7.89. The zero-order valence-corrected chi connectivity index (χ0v) is 20.0. The molecule has 174 valence electrons. The Morgan fingerprint density at radius 3 is 2.69 bits per heavy atom. The average Bonchev–Trinajstić information content (AvgIpc) is 2.76. The van der Waals surface area contributed by atoms with E-state index in [0.29, 0.717) is 12.3 Å². The van der Waals surface area contributed by atoms with Gasteiger partial charge < -0.3 is 9.84 Å². The van der Waals surface area contributed by atoms with E-state index in [2.05, 4.69) is 9.88 Å². The highest BCUT2D eigenvalue weighted by atomic mass is 32.2. The quantitative estimate of drug-likeness (QED) is 0.685. The second-order valence-corrected chi connectivity index (χ2v) is 10.4. The van der Waals surface area contributed by atoms with Crippen LogP contribution in [0.3, 0.4) is 0 Å². The maximum absolute atomic E-state index is 13.5. The Labute approximate surface area is 191 Å². The Morgan fingerprint density at radius 1 is 1.31 bits per heavy atom. The zero-order chi connectivity index (χ0) is 23.3. The van der Waals surface area contributed by atoms with E-state index in [1.54, 1.807) is 37.5 Å². The lowest BCUT2D eigenvalue weighted by atomic mass is 10.0. The minimum Gasteiger partial charge on any atom is -0.487 e. The van der Waals surface area contributed by atoms with E-state index < -0.39 is 16.1 Å². The number of likely N-dealkylation sites (N-methyl/N-ethyl adjacent to an activating group) is 1. The maximum atomic E-state index is 13.5. The molecule has 0 radical (unpaired) electrons. The van der Waals surface area contributed by atoms with E-state index >= 15 is 0 Å². The number of nitrogens with zero attached hydrogens (tertiary/aromatic N) is 3. The SMILES string of the molecule is C/C=C/c1ccc2c(c1)O[C@@H](CN(C)Cc1ccncc1)[C@@H](C)CN([C@H](C)CO)S2(=O)=O. The third-order valence-corrected chi connectivity index (χ3v) is 7.76. The lowest BCUT2D eigenvalue weighted by Gasteiger charge is -2.37. The number of rotatable bonds is 7. The van der Waals surface area contributed by atoms with Crippen LogP contribution in [-0.4, -0.2) is 66.6 Å². The van der Waals surface area contributed by atoms with Crippen molar-refractivity contribution in [3.63, 3.8) is 0 Å². The highest BCUT2D eigenvalue weighted by Gasteiger charge is 2.38. The second kappa shape index (κ2) is 10.6. The molecule has 0 bridgehead atoms. The van der Waals surface area contributed by atoms with Gasteiger partial charge in [-0.05, 0) is 56.3 Å². The van der Waals surface area contributed by atoms with E-state index in [0.717, 1.165) is 17.7 Å². The van der Waals surface area contributed by atoms with Crippen molar-refractivity contribution < 1.29 is 18.3 Å². The summed E-state index contributed by atoms with van der Waals surface area (Å²) >= 11 is 0. The molecule has 1 aliphatic heterocycles. The third kappa shape index (κ3) is 5.56. The van der Waals surface area contributed by atoms with Gasteiger partial charge in [0.1, 0.15) is 16.7 Å². The van der Waals surface area contributed by atoms with Crippen LogP contribution in [0.1, 0.15) is 31.9 Å². The van der Waals surface area contributed by atoms with Crippen molar-refractivity contribution in [1.82, 2.24) is 14.2 Å². The van der Waals surface area contributed by atoms with Gasteiger partial charge in [-0.3, -0.25) is 9.88 Å². The molecule has 1 aliphatic rings. The van der Waals surface area contributed by atoms with Gasteiger partial charge >= 0.3 is 0 Å². The van der Waals surface area contributed by atoms with Crippen LogP contribution in [0.2, 0.25) is 0 Å². The molecular formula is C24H33N3O4S. The van der Waals surface area contributed by atoms with Crippen LogP contribution in [0, 0.1) is 5.92 Å². The van der Waals surface area contributed by atoms with Gasteiger partial charge in [0, 0.05) is 44.0 Å². The van der Waals surface area contributed by atoms with Gasteiger partial charge in [-0.2, -0.15) is 4.31 Å². The zero-order valence-electron chi connectivity index (χ0n) is 19.2. The molecule has 3 rings (SSSR count). The maximum Gasteiger partial charge on any atom is 0.247 e. The molecule has 0 unspecified atom stereocenters. The summed E-state index contributed by atoms with van der Waals surface area (Å²) in [6, 6.07) is 8.59. The number of allylic oxidation sites excluding steroid dienone is 1. The van der Waals surface area contributed by atoms with E-state index in [1.807, 2.05) is 45.2 Å². The molecule has 0 fully saturated rings. The number of hydrogen-bond acceptors (Lipinski definition) is 6. The monoisotopic (exact) mass is 459 g/mol. The summed E-state index contributed by atoms with van der Waals surface area (Å²) in [6.07, 6.45) is 7.14. The van der Waals surface area contributed by atoms with Crippen molar-refractivity contribution >= 4 is 16.1 Å². The predicted molar refractivity (Wildman–Crippen MR) is 126 cm³/mol. The van der Waals surface area contributed by atoms with Crippen molar-refractivity contribution in [2.45, 2.75) is 44.4 Å². The van der Waals surface area contributed by atoms with Crippen LogP contribution in [-0.2, 0) is 16.6 Å². The van der Waals surface area contributed by atoms with Crippen LogP contribution in [0.4, 0.5) is 0 Å². The topological polar surface area (TPSA) is 83.0 Å². The summed E-state index contributed by atoms with van der Waals surface area (Å²) in [5.74, 6) is 0.266. The molecule has 3 atom stereocenters. The van der Waals surface area contributed by atoms with Crippen LogP contribution in [0.5, 0.6) is 5.75 Å². The lowest BCUT2D eigenvalue weighted by Crippen LogP contribution is -2.49. The van der Waals surface area contributed by atoms with E-state index in [-0.39, 0.29) is 30.1 Å². The number of sulfonamides is 1. The summed E-state index contributed by atoms with van der Waals surface area (Å²) in [5.41, 5.74) is 2.02. The first-order valence-corrected chi connectivity index (χ1v) is 12.3. The van der Waals surface area contributed by atoms with E-state index in [4.69, 9.17) is 4.74 Å². The molecular weight excluding hydrogens is 426 g/mol. The fourth-order valence-corrected chi connectivity index (χ4v) is 5.75. The van der Waals surface area contributed by atoms with Crippen molar-refractivity contribution in [1.29, 1.82) is 0 Å². The number of aromatic nitrogens is 1. The molecule has 0 spiro atoms. The molecule has 32 heavy (non-hydrogen) atoms. The molecule has 2 aromatic rings. The molecule has 0 aliphatic carbocycles. The van der Waals surface area contributed by atoms with Crippen LogP contribution in [0.25, 0.3) is 6.08 Å². The van der Waals surface area contributed by atoms with Crippen LogP contribution >= 0.6 is 0 Å². The van der Waals surface area contributed by atoms with Crippen LogP contribution in [0.15, 0.2) is 53.7 Å². The Bertz CT molecular complexity index is 1030. The van der Waals surface area contributed by atoms with Crippen molar-refractivity contribution in [2.24, 2.45) is 5.92 Å². The molecule has 1 N–H and O–H groups in total. The first-order chi connectivity index (χ1) is 15.3. The third-order valence-electron chi connectivity index (χ3n) is 5.74. The van der Waals surface area contributed by atoms with Gasteiger partial charge in [-0.1, -0.05) is 25.1 Å². The molecule has 1 aromatic heterocycles. The van der Waals surface area contributed by atoms with E-state index in [1.165, 1.54) is 4.31 Å². The molecule has 8 heteroatoms. The minimum atomic E-state index is -3.82. The van der Waals surface area contributed by atoms with Gasteiger partial charge in [0.25, 0.3) is 0 Å². The first-order valence-electron chi connectivity index (χ1n) is 10.9. The fraction of sp³-hybridized carbons (Fsp3) is 0.458. The van der Waals surface area contributed by atoms with E-state index in [9.17, 15) is 13.5 Å². The average molecular weight is 460 g/mol. The summed E-state index contributed by atoms with van der Waals surface area (Å²) in [6.45, 7) is 7.02. The molecule has 2 heterocycles. The molecule has 0 amide bonds. The van der Waals surface area contributed by atoms with Gasteiger partial charge in [-0.25, -0.2) is 8.42 Å². The number of pyridine rings is 1. The Hall–Kier alpha value is -2.26. The van der Waals surface area contributed by atoms with Gasteiger partial charge in [0.15, 0.2) is 0 Å². The van der Waals surface area contributed by atoms with Crippen LogP contribution < -0.4 is 4.74 Å². The lowest BCUT2D eigenvalue weighted by molar-refractivity contribution is 0.0733. The fourth-order valence-electron chi connectivity index (χ4n) is 3.93. The molecule has 1 aromatic carbocycles. The normalized spacial score (nSPS) is 22.2. The number of aliphatic hydroxyl groups is 1. The molecule has 0 saturated carbocycles. The molecule has 0 saturated heterocycles. The first kappa shape index (κ1) is 24.4. The van der Waals surface area contributed by atoms with Gasteiger partial charge in [0.05, 0.1) is 6.61 Å². The standard InChI is InChI=1S/C24H33N3O4S/c1-5-6-20-7-8-24-22(13-20)31-23(16-26(4)15-21-9-11-25-12-10-21)18(2)14-27(19(3)17-28)32(24,29)30/h5-13,18-19,23,28H,14-17H2,1-4H3/b6-5+/t18-,19+,23-/m0/s1. The Balaban J connectivity index is 1.97. The van der Waals surface area contributed by atoms with Gasteiger partial charge in [0.2, 0.25) is 10.0 Å². The molecule has 7 nitrogen and oxygen atoms in total. The van der Waals surface area contributed by atoms with Gasteiger partial charge in [-0.15, -0.1) is 0 Å². The van der Waals surface area contributed by atoms with Crippen molar-refractivity contribution in [3.8, 4) is 5.75 Å². The Kier molecular flexibility index (Phi) is 8.05. The number of hydrogen-bond donors (Lipinski definition) is 1. The summed E-state index contributed by atoms with van der Waals surface area (Å²) in [5, 5.41) is 9.75. The number of fused-ring (bicyclic) bond motifs is 1. The van der Waals surface area contributed by atoms with Crippen molar-refractivity contribution in [3.05, 3.63) is 59.9 Å². The number of benzene rings is 1.